The van der Waals surface area contributed by atoms with Crippen molar-refractivity contribution in [1.82, 2.24) is 15.1 Å². The number of aliphatic carboxylic acids is 1. The van der Waals surface area contributed by atoms with E-state index >= 15 is 0 Å². The number of rotatable bonds is 8. The smallest absolute Gasteiger partial charge is 0.305 e. The van der Waals surface area contributed by atoms with Crippen molar-refractivity contribution in [3.63, 3.8) is 0 Å². The van der Waals surface area contributed by atoms with E-state index in [0.717, 1.165) is 21.7 Å². The van der Waals surface area contributed by atoms with Gasteiger partial charge in [0, 0.05) is 29.4 Å². The molecule has 2 heterocycles. The minimum Gasteiger partial charge on any atom is -0.481 e. The molecule has 0 saturated heterocycles. The summed E-state index contributed by atoms with van der Waals surface area (Å²) in [5, 5.41) is 21.4. The predicted molar refractivity (Wildman–Crippen MR) is 98.9 cm³/mol. The summed E-state index contributed by atoms with van der Waals surface area (Å²) >= 11 is 7.74. The van der Waals surface area contributed by atoms with E-state index in [1.54, 1.807) is 17.5 Å². The number of hydrogen-bond acceptors (Lipinski definition) is 4. The van der Waals surface area contributed by atoms with Crippen molar-refractivity contribution in [3.05, 3.63) is 75.2 Å². The number of carboxylic acids is 1. The molecule has 0 aliphatic carbocycles. The van der Waals surface area contributed by atoms with Crippen molar-refractivity contribution >= 4 is 28.9 Å². The number of benzene rings is 1. The van der Waals surface area contributed by atoms with Gasteiger partial charge in [0.05, 0.1) is 19.2 Å². The molecule has 5 nitrogen and oxygen atoms in total. The quantitative estimate of drug-likeness (QED) is 0.625. The fourth-order valence-corrected chi connectivity index (χ4v) is 3.49. The molecular formula is C18H18ClN3O2S. The molecule has 3 aromatic rings. The lowest BCUT2D eigenvalue weighted by Crippen LogP contribution is -2.23. The highest BCUT2D eigenvalue weighted by molar-refractivity contribution is 7.07. The maximum Gasteiger partial charge on any atom is 0.305 e. The second-order valence-corrected chi connectivity index (χ2v) is 6.91. The first-order valence-electron chi connectivity index (χ1n) is 7.84. The molecule has 2 N–H and O–H groups in total. The SMILES string of the molecule is O=C(O)C[C@H](NCc1cnn(Cc2ccccc2Cl)c1)c1ccsc1. The average molecular weight is 376 g/mol. The molecule has 0 bridgehead atoms. The van der Waals surface area contributed by atoms with Crippen LogP contribution in [-0.2, 0) is 17.9 Å². The number of carboxylic acid groups (broad SMARTS) is 1. The molecule has 1 atom stereocenters. The summed E-state index contributed by atoms with van der Waals surface area (Å²) < 4.78 is 1.83. The fraction of sp³-hybridized carbons (Fsp3) is 0.222. The fourth-order valence-electron chi connectivity index (χ4n) is 2.58. The van der Waals surface area contributed by atoms with Crippen molar-refractivity contribution < 1.29 is 9.90 Å². The van der Waals surface area contributed by atoms with Gasteiger partial charge in [-0.1, -0.05) is 29.8 Å². The number of aromatic nitrogens is 2. The van der Waals surface area contributed by atoms with Crippen LogP contribution in [0, 0.1) is 0 Å². The Morgan fingerprint density at radius 2 is 2.20 bits per heavy atom. The molecule has 0 saturated carbocycles. The lowest BCUT2D eigenvalue weighted by molar-refractivity contribution is -0.137. The summed E-state index contributed by atoms with van der Waals surface area (Å²) in [5.74, 6) is -0.821. The molecule has 0 spiro atoms. The van der Waals surface area contributed by atoms with Gasteiger partial charge in [-0.25, -0.2) is 0 Å². The Labute approximate surface area is 154 Å². The van der Waals surface area contributed by atoms with Crippen molar-refractivity contribution in [3.8, 4) is 0 Å². The van der Waals surface area contributed by atoms with E-state index in [2.05, 4.69) is 10.4 Å². The molecular weight excluding hydrogens is 358 g/mol. The van der Waals surface area contributed by atoms with Gasteiger partial charge in [-0.3, -0.25) is 9.48 Å². The van der Waals surface area contributed by atoms with Crippen LogP contribution in [0.15, 0.2) is 53.5 Å². The van der Waals surface area contributed by atoms with E-state index in [4.69, 9.17) is 16.7 Å². The van der Waals surface area contributed by atoms with E-state index in [1.807, 2.05) is 52.0 Å². The molecule has 1 aromatic carbocycles. The highest BCUT2D eigenvalue weighted by atomic mass is 35.5. The molecule has 0 unspecified atom stereocenters. The van der Waals surface area contributed by atoms with Crippen molar-refractivity contribution in [2.24, 2.45) is 0 Å². The van der Waals surface area contributed by atoms with Crippen LogP contribution in [0.1, 0.15) is 29.2 Å². The summed E-state index contributed by atoms with van der Waals surface area (Å²) in [6.07, 6.45) is 3.78. The second kappa shape index (κ2) is 8.29. The van der Waals surface area contributed by atoms with Gasteiger partial charge in [0.2, 0.25) is 0 Å². The molecule has 0 aliphatic rings. The van der Waals surface area contributed by atoms with E-state index < -0.39 is 5.97 Å². The highest BCUT2D eigenvalue weighted by Gasteiger charge is 2.15. The van der Waals surface area contributed by atoms with Crippen LogP contribution in [0.2, 0.25) is 5.02 Å². The van der Waals surface area contributed by atoms with Crippen LogP contribution in [-0.4, -0.2) is 20.9 Å². The number of hydrogen-bond donors (Lipinski definition) is 2. The van der Waals surface area contributed by atoms with Gasteiger partial charge in [0.1, 0.15) is 0 Å². The van der Waals surface area contributed by atoms with Gasteiger partial charge in [0.25, 0.3) is 0 Å². The monoisotopic (exact) mass is 375 g/mol. The Morgan fingerprint density at radius 1 is 1.36 bits per heavy atom. The molecule has 0 radical (unpaired) electrons. The van der Waals surface area contributed by atoms with Gasteiger partial charge in [0.15, 0.2) is 0 Å². The van der Waals surface area contributed by atoms with Crippen LogP contribution in [0.25, 0.3) is 0 Å². The standard InChI is InChI=1S/C18H18ClN3O2S/c19-16-4-2-1-3-14(16)11-22-10-13(9-21-22)8-20-17(7-18(23)24)15-5-6-25-12-15/h1-6,9-10,12,17,20H,7-8,11H2,(H,23,24)/t17-/m0/s1. The summed E-state index contributed by atoms with van der Waals surface area (Å²) in [5.41, 5.74) is 3.00. The van der Waals surface area contributed by atoms with Crippen molar-refractivity contribution in [2.45, 2.75) is 25.6 Å². The first kappa shape index (κ1) is 17.7. The zero-order valence-electron chi connectivity index (χ0n) is 13.4. The van der Waals surface area contributed by atoms with Gasteiger partial charge in [-0.2, -0.15) is 16.4 Å². The zero-order chi connectivity index (χ0) is 17.6. The van der Waals surface area contributed by atoms with Gasteiger partial charge in [-0.05, 0) is 34.0 Å². The third-order valence-electron chi connectivity index (χ3n) is 3.85. The van der Waals surface area contributed by atoms with Crippen LogP contribution >= 0.6 is 22.9 Å². The number of nitrogens with one attached hydrogen (secondary N) is 1. The molecule has 0 fully saturated rings. The normalized spacial score (nSPS) is 12.2. The Hall–Kier alpha value is -2.15. The van der Waals surface area contributed by atoms with E-state index in [1.165, 1.54) is 0 Å². The number of nitrogens with zero attached hydrogens (tertiary/aromatic N) is 2. The number of thiophene rings is 1. The minimum absolute atomic E-state index is 0.0461. The highest BCUT2D eigenvalue weighted by Crippen LogP contribution is 2.20. The Morgan fingerprint density at radius 3 is 2.92 bits per heavy atom. The molecule has 130 valence electrons. The molecule has 3 rings (SSSR count). The van der Waals surface area contributed by atoms with E-state index in [9.17, 15) is 4.79 Å². The summed E-state index contributed by atoms with van der Waals surface area (Å²) in [4.78, 5) is 11.1. The van der Waals surface area contributed by atoms with Crippen LogP contribution in [0.5, 0.6) is 0 Å². The van der Waals surface area contributed by atoms with Crippen molar-refractivity contribution in [1.29, 1.82) is 0 Å². The van der Waals surface area contributed by atoms with E-state index in [-0.39, 0.29) is 12.5 Å². The summed E-state index contributed by atoms with van der Waals surface area (Å²) in [7, 11) is 0. The predicted octanol–water partition coefficient (Wildman–Crippen LogP) is 3.95. The van der Waals surface area contributed by atoms with Gasteiger partial charge >= 0.3 is 5.97 Å². The Bertz CT molecular complexity index is 832. The van der Waals surface area contributed by atoms with Gasteiger partial charge in [-0.15, -0.1) is 0 Å². The molecule has 2 aromatic heterocycles. The maximum atomic E-state index is 11.1. The van der Waals surface area contributed by atoms with E-state index in [0.29, 0.717) is 13.1 Å². The third kappa shape index (κ3) is 4.92. The lowest BCUT2D eigenvalue weighted by atomic mass is 10.1. The molecule has 0 aliphatic heterocycles. The molecule has 0 amide bonds. The average Bonchev–Trinajstić information content (AvgIpc) is 3.25. The second-order valence-electron chi connectivity index (χ2n) is 5.73. The van der Waals surface area contributed by atoms with Crippen LogP contribution in [0.4, 0.5) is 0 Å². The van der Waals surface area contributed by atoms with Crippen LogP contribution in [0.3, 0.4) is 0 Å². The summed E-state index contributed by atoms with van der Waals surface area (Å²) in [6.45, 7) is 1.15. The topological polar surface area (TPSA) is 67.2 Å². The van der Waals surface area contributed by atoms with Crippen LogP contribution < -0.4 is 5.32 Å². The summed E-state index contributed by atoms with van der Waals surface area (Å²) in [6, 6.07) is 9.42. The molecule has 25 heavy (non-hydrogen) atoms. The largest absolute Gasteiger partial charge is 0.481 e. The number of halogens is 1. The molecule has 7 heteroatoms. The zero-order valence-corrected chi connectivity index (χ0v) is 15.0. The Kier molecular flexibility index (Phi) is 5.86. The first-order valence-corrected chi connectivity index (χ1v) is 9.16. The first-order chi connectivity index (χ1) is 12.1. The Balaban J connectivity index is 1.62. The van der Waals surface area contributed by atoms with Crippen molar-refractivity contribution in [2.75, 3.05) is 0 Å². The maximum absolute atomic E-state index is 11.1. The minimum atomic E-state index is -0.821. The third-order valence-corrected chi connectivity index (χ3v) is 4.92. The van der Waals surface area contributed by atoms with Gasteiger partial charge < -0.3 is 10.4 Å². The number of carbonyl (C=O) groups is 1. The lowest BCUT2D eigenvalue weighted by Gasteiger charge is -2.15.